The highest BCUT2D eigenvalue weighted by atomic mass is 32.2. The number of nitrogens with one attached hydrogen (secondary N) is 2. The Labute approximate surface area is 180 Å². The molecule has 0 unspecified atom stereocenters. The van der Waals surface area contributed by atoms with Crippen LogP contribution in [0.2, 0.25) is 0 Å². The Bertz CT molecular complexity index is 1390. The second kappa shape index (κ2) is 8.64. The molecule has 0 saturated carbocycles. The number of nitrogens with zero attached hydrogens (tertiary/aromatic N) is 3. The first-order valence-corrected chi connectivity index (χ1v) is 10.7. The number of hydrogen-bond acceptors (Lipinski definition) is 7. The molecule has 0 fully saturated rings. The van der Waals surface area contributed by atoms with Crippen molar-refractivity contribution in [1.82, 2.24) is 9.97 Å². The van der Waals surface area contributed by atoms with Crippen LogP contribution in [-0.2, 0) is 16.0 Å². The molecule has 32 heavy (non-hydrogen) atoms. The number of alkyl halides is 3. The average Bonchev–Trinajstić information content (AvgIpc) is 2.72. The third-order valence-electron chi connectivity index (χ3n) is 4.19. The SMILES string of the molecule is CS(=O)(=O)c1ccc(C(F)(F)F)cc1C=NNc1nc(-c2ccccc2)c(C#N)c(=O)[nH]1. The number of rotatable bonds is 5. The maximum absolute atomic E-state index is 13.0. The Kier molecular flexibility index (Phi) is 6.13. The molecule has 1 heterocycles. The van der Waals surface area contributed by atoms with Gasteiger partial charge in [0.05, 0.1) is 22.4 Å². The lowest BCUT2D eigenvalue weighted by atomic mass is 10.1. The molecule has 12 heteroatoms. The lowest BCUT2D eigenvalue weighted by Crippen LogP contribution is -2.16. The number of sulfone groups is 1. The first kappa shape index (κ1) is 22.7. The molecule has 0 aliphatic rings. The van der Waals surface area contributed by atoms with E-state index in [1.165, 1.54) is 0 Å². The van der Waals surface area contributed by atoms with Gasteiger partial charge in [-0.05, 0) is 18.2 Å². The highest BCUT2D eigenvalue weighted by Gasteiger charge is 2.31. The Morgan fingerprint density at radius 2 is 1.88 bits per heavy atom. The van der Waals surface area contributed by atoms with Gasteiger partial charge >= 0.3 is 6.18 Å². The molecule has 3 rings (SSSR count). The van der Waals surface area contributed by atoms with E-state index in [1.54, 1.807) is 36.4 Å². The van der Waals surface area contributed by atoms with Crippen molar-refractivity contribution in [2.24, 2.45) is 5.10 Å². The van der Waals surface area contributed by atoms with Crippen LogP contribution in [0, 0.1) is 11.3 Å². The molecule has 0 aliphatic heterocycles. The van der Waals surface area contributed by atoms with E-state index in [2.05, 4.69) is 20.5 Å². The minimum Gasteiger partial charge on any atom is -0.290 e. The predicted octanol–water partition coefficient (Wildman–Crippen LogP) is 3.18. The van der Waals surface area contributed by atoms with Gasteiger partial charge in [0.25, 0.3) is 5.56 Å². The van der Waals surface area contributed by atoms with Gasteiger partial charge in [-0.2, -0.15) is 23.5 Å². The van der Waals surface area contributed by atoms with Crippen LogP contribution in [0.3, 0.4) is 0 Å². The zero-order chi connectivity index (χ0) is 23.5. The summed E-state index contributed by atoms with van der Waals surface area (Å²) in [5.74, 6) is -0.197. The van der Waals surface area contributed by atoms with E-state index in [1.807, 2.05) is 0 Å². The summed E-state index contributed by atoms with van der Waals surface area (Å²) >= 11 is 0. The molecule has 0 bridgehead atoms. The molecule has 164 valence electrons. The van der Waals surface area contributed by atoms with Gasteiger partial charge in [0.15, 0.2) is 9.84 Å². The van der Waals surface area contributed by atoms with Crippen molar-refractivity contribution in [1.29, 1.82) is 5.26 Å². The van der Waals surface area contributed by atoms with E-state index in [0.717, 1.165) is 18.5 Å². The van der Waals surface area contributed by atoms with Gasteiger partial charge in [0, 0.05) is 17.4 Å². The topological polar surface area (TPSA) is 128 Å². The van der Waals surface area contributed by atoms with Gasteiger partial charge < -0.3 is 0 Å². The van der Waals surface area contributed by atoms with Gasteiger partial charge in [0.2, 0.25) is 5.95 Å². The number of hydrazone groups is 1. The first-order chi connectivity index (χ1) is 15.0. The summed E-state index contributed by atoms with van der Waals surface area (Å²) in [5.41, 5.74) is 0.557. The van der Waals surface area contributed by atoms with Crippen LogP contribution in [0.4, 0.5) is 19.1 Å². The highest BCUT2D eigenvalue weighted by molar-refractivity contribution is 7.90. The molecule has 2 N–H and O–H groups in total. The predicted molar refractivity (Wildman–Crippen MR) is 111 cm³/mol. The lowest BCUT2D eigenvalue weighted by molar-refractivity contribution is -0.137. The summed E-state index contributed by atoms with van der Waals surface area (Å²) in [4.78, 5) is 18.3. The van der Waals surface area contributed by atoms with Crippen molar-refractivity contribution in [2.75, 3.05) is 11.7 Å². The van der Waals surface area contributed by atoms with Gasteiger partial charge in [0.1, 0.15) is 11.6 Å². The smallest absolute Gasteiger partial charge is 0.290 e. The summed E-state index contributed by atoms with van der Waals surface area (Å²) in [7, 11) is -3.85. The standard InChI is InChI=1S/C20H14F3N5O3S/c1-32(30,31)16-8-7-14(20(21,22)23)9-13(16)11-25-28-19-26-17(12-5-3-2-4-6-12)15(10-24)18(29)27-19/h2-9,11H,1H3,(H2,26,27,28,29). The number of anilines is 1. The Morgan fingerprint density at radius 1 is 1.19 bits per heavy atom. The fourth-order valence-electron chi connectivity index (χ4n) is 2.76. The summed E-state index contributed by atoms with van der Waals surface area (Å²) in [6.45, 7) is 0. The molecule has 1 aromatic heterocycles. The molecule has 0 atom stereocenters. The van der Waals surface area contributed by atoms with Crippen LogP contribution in [0.1, 0.15) is 16.7 Å². The fraction of sp³-hybridized carbons (Fsp3) is 0.100. The van der Waals surface area contributed by atoms with Crippen molar-refractivity contribution in [3.8, 4) is 17.3 Å². The molecule has 0 aliphatic carbocycles. The second-order valence-corrected chi connectivity index (χ2v) is 8.49. The monoisotopic (exact) mass is 461 g/mol. The van der Waals surface area contributed by atoms with Crippen LogP contribution in [-0.4, -0.2) is 30.9 Å². The molecule has 2 aromatic carbocycles. The molecule has 0 amide bonds. The molecule has 8 nitrogen and oxygen atoms in total. The molecule has 0 saturated heterocycles. The van der Waals surface area contributed by atoms with Crippen LogP contribution in [0.15, 0.2) is 63.3 Å². The number of benzene rings is 2. The number of H-pyrrole nitrogens is 1. The Morgan fingerprint density at radius 3 is 2.47 bits per heavy atom. The number of halogens is 3. The number of aromatic nitrogens is 2. The molecular formula is C20H14F3N5O3S. The quantitative estimate of drug-likeness (QED) is 0.444. The molecule has 3 aromatic rings. The van der Waals surface area contributed by atoms with Crippen molar-refractivity contribution in [3.05, 3.63) is 75.6 Å². The van der Waals surface area contributed by atoms with Crippen LogP contribution in [0.25, 0.3) is 11.3 Å². The van der Waals surface area contributed by atoms with Crippen LogP contribution >= 0.6 is 0 Å². The van der Waals surface area contributed by atoms with E-state index in [9.17, 15) is 31.6 Å². The molecule has 0 spiro atoms. The van der Waals surface area contributed by atoms with E-state index in [0.29, 0.717) is 17.7 Å². The minimum absolute atomic E-state index is 0.0745. The zero-order valence-corrected chi connectivity index (χ0v) is 17.1. The van der Waals surface area contributed by atoms with Gasteiger partial charge in [-0.3, -0.25) is 9.78 Å². The van der Waals surface area contributed by atoms with E-state index >= 15 is 0 Å². The van der Waals surface area contributed by atoms with Crippen LogP contribution < -0.4 is 11.0 Å². The molecule has 0 radical (unpaired) electrons. The van der Waals surface area contributed by atoms with Crippen molar-refractivity contribution >= 4 is 22.0 Å². The van der Waals surface area contributed by atoms with E-state index in [-0.39, 0.29) is 27.7 Å². The largest absolute Gasteiger partial charge is 0.416 e. The van der Waals surface area contributed by atoms with Crippen molar-refractivity contribution < 1.29 is 21.6 Å². The van der Waals surface area contributed by atoms with Crippen LogP contribution in [0.5, 0.6) is 0 Å². The minimum atomic E-state index is -4.68. The lowest BCUT2D eigenvalue weighted by Gasteiger charge is -2.10. The Hall–Kier alpha value is -3.98. The number of hydrogen-bond donors (Lipinski definition) is 2. The number of nitriles is 1. The second-order valence-electron chi connectivity index (χ2n) is 6.51. The normalized spacial score (nSPS) is 12.0. The maximum atomic E-state index is 13.0. The zero-order valence-electron chi connectivity index (χ0n) is 16.3. The van der Waals surface area contributed by atoms with Crippen molar-refractivity contribution in [3.63, 3.8) is 0 Å². The average molecular weight is 461 g/mol. The summed E-state index contributed by atoms with van der Waals surface area (Å²) in [6, 6.07) is 12.3. The van der Waals surface area contributed by atoms with Gasteiger partial charge in [-0.1, -0.05) is 30.3 Å². The summed E-state index contributed by atoms with van der Waals surface area (Å²) in [6.07, 6.45) is -2.96. The third-order valence-corrected chi connectivity index (χ3v) is 5.36. The Balaban J connectivity index is 2.00. The number of aromatic amines is 1. The fourth-order valence-corrected chi connectivity index (χ4v) is 3.62. The maximum Gasteiger partial charge on any atom is 0.416 e. The summed E-state index contributed by atoms with van der Waals surface area (Å²) < 4.78 is 62.9. The van der Waals surface area contributed by atoms with E-state index < -0.39 is 27.1 Å². The summed E-state index contributed by atoms with van der Waals surface area (Å²) in [5, 5.41) is 13.0. The first-order valence-electron chi connectivity index (χ1n) is 8.81. The van der Waals surface area contributed by atoms with Crippen molar-refractivity contribution in [2.45, 2.75) is 11.1 Å². The third kappa shape index (κ3) is 5.01. The van der Waals surface area contributed by atoms with Gasteiger partial charge in [-0.15, -0.1) is 0 Å². The molecular weight excluding hydrogens is 447 g/mol. The van der Waals surface area contributed by atoms with E-state index in [4.69, 9.17) is 0 Å². The van der Waals surface area contributed by atoms with Gasteiger partial charge in [-0.25, -0.2) is 18.8 Å². The highest BCUT2D eigenvalue weighted by Crippen LogP contribution is 2.31.